The summed E-state index contributed by atoms with van der Waals surface area (Å²) in [6, 6.07) is 4.63. The third kappa shape index (κ3) is 2.13. The van der Waals surface area contributed by atoms with E-state index in [1.807, 2.05) is 0 Å². The molecule has 2 aromatic rings. The lowest BCUT2D eigenvalue weighted by Crippen LogP contribution is -2.04. The van der Waals surface area contributed by atoms with Gasteiger partial charge in [0.2, 0.25) is 0 Å². The number of alkyl halides is 3. The van der Waals surface area contributed by atoms with Crippen LogP contribution in [-0.2, 0) is 6.18 Å². The number of hydrogen-bond donors (Lipinski definition) is 1. The molecule has 0 bridgehead atoms. The highest BCUT2D eigenvalue weighted by atomic mass is 32.1. The summed E-state index contributed by atoms with van der Waals surface area (Å²) in [4.78, 5) is 3.88. The van der Waals surface area contributed by atoms with E-state index in [9.17, 15) is 13.2 Å². The molecule has 1 heterocycles. The van der Waals surface area contributed by atoms with Gasteiger partial charge in [-0.1, -0.05) is 12.1 Å². The number of hydrogen-bond acceptors (Lipinski definition) is 4. The first-order chi connectivity index (χ1) is 7.47. The van der Waals surface area contributed by atoms with Gasteiger partial charge in [0.1, 0.15) is 0 Å². The fourth-order valence-electron chi connectivity index (χ4n) is 1.16. The topological polar surface area (TPSA) is 51.8 Å². The van der Waals surface area contributed by atoms with Crippen LogP contribution in [0.3, 0.4) is 0 Å². The van der Waals surface area contributed by atoms with Crippen molar-refractivity contribution in [2.75, 3.05) is 5.73 Å². The van der Waals surface area contributed by atoms with Crippen LogP contribution in [0.15, 0.2) is 24.3 Å². The van der Waals surface area contributed by atoms with Gasteiger partial charge in [-0.15, -0.1) is 0 Å². The minimum atomic E-state index is -4.33. The molecule has 0 fully saturated rings. The van der Waals surface area contributed by atoms with Crippen molar-refractivity contribution < 1.29 is 13.2 Å². The normalized spacial score (nSPS) is 11.7. The van der Waals surface area contributed by atoms with Crippen LogP contribution in [0, 0.1) is 0 Å². The van der Waals surface area contributed by atoms with Gasteiger partial charge >= 0.3 is 6.18 Å². The maximum atomic E-state index is 12.3. The Labute approximate surface area is 92.9 Å². The van der Waals surface area contributed by atoms with E-state index in [-0.39, 0.29) is 5.13 Å². The summed E-state index contributed by atoms with van der Waals surface area (Å²) in [5, 5.41) is 0.287. The molecule has 0 aliphatic carbocycles. The lowest BCUT2D eigenvalue weighted by molar-refractivity contribution is -0.137. The Hall–Kier alpha value is -1.63. The Morgan fingerprint density at radius 1 is 1.12 bits per heavy atom. The largest absolute Gasteiger partial charge is 0.416 e. The number of aromatic nitrogens is 2. The van der Waals surface area contributed by atoms with Crippen LogP contribution in [0.25, 0.3) is 11.4 Å². The van der Waals surface area contributed by atoms with Crippen molar-refractivity contribution in [1.29, 1.82) is 0 Å². The van der Waals surface area contributed by atoms with Crippen molar-refractivity contribution in [3.63, 3.8) is 0 Å². The Morgan fingerprint density at radius 3 is 2.19 bits per heavy atom. The number of benzene rings is 1. The van der Waals surface area contributed by atoms with E-state index in [1.165, 1.54) is 12.1 Å². The van der Waals surface area contributed by atoms with Crippen LogP contribution in [0.4, 0.5) is 18.3 Å². The van der Waals surface area contributed by atoms with Gasteiger partial charge in [0.05, 0.1) is 5.56 Å². The molecule has 0 saturated carbocycles. The SMILES string of the molecule is Nc1nc(-c2ccc(C(F)(F)F)cc2)ns1. The van der Waals surface area contributed by atoms with Crippen molar-refractivity contribution in [1.82, 2.24) is 9.36 Å². The zero-order chi connectivity index (χ0) is 11.8. The fourth-order valence-corrected chi connectivity index (χ4v) is 1.61. The molecule has 0 radical (unpaired) electrons. The van der Waals surface area contributed by atoms with E-state index in [2.05, 4.69) is 9.36 Å². The highest BCUT2D eigenvalue weighted by Crippen LogP contribution is 2.30. The number of halogens is 3. The molecule has 0 spiro atoms. The molecule has 0 aliphatic heterocycles. The second-order valence-electron chi connectivity index (χ2n) is 3.03. The minimum Gasteiger partial charge on any atom is -0.374 e. The van der Waals surface area contributed by atoms with Crippen LogP contribution < -0.4 is 5.73 Å². The number of nitrogens with zero attached hydrogens (tertiary/aromatic N) is 2. The Bertz CT molecular complexity index is 489. The third-order valence-electron chi connectivity index (χ3n) is 1.91. The van der Waals surface area contributed by atoms with Crippen LogP contribution in [-0.4, -0.2) is 9.36 Å². The van der Waals surface area contributed by atoms with E-state index in [0.29, 0.717) is 11.4 Å². The highest BCUT2D eigenvalue weighted by molar-refractivity contribution is 7.09. The zero-order valence-corrected chi connectivity index (χ0v) is 8.64. The van der Waals surface area contributed by atoms with Gasteiger partial charge < -0.3 is 5.73 Å². The van der Waals surface area contributed by atoms with Crippen LogP contribution in [0.5, 0.6) is 0 Å². The number of rotatable bonds is 1. The molecular formula is C9H6F3N3S. The first-order valence-electron chi connectivity index (χ1n) is 4.23. The van der Waals surface area contributed by atoms with Crippen LogP contribution in [0.1, 0.15) is 5.56 Å². The molecule has 0 unspecified atom stereocenters. The number of anilines is 1. The molecular weight excluding hydrogens is 239 g/mol. The molecule has 0 amide bonds. The molecule has 2 N–H and O–H groups in total. The summed E-state index contributed by atoms with van der Waals surface area (Å²) < 4.78 is 40.7. The first-order valence-corrected chi connectivity index (χ1v) is 5.01. The summed E-state index contributed by atoms with van der Waals surface area (Å²) in [6.07, 6.45) is -4.33. The smallest absolute Gasteiger partial charge is 0.374 e. The molecule has 3 nitrogen and oxygen atoms in total. The molecule has 7 heteroatoms. The molecule has 0 aliphatic rings. The van der Waals surface area contributed by atoms with Crippen molar-refractivity contribution >= 4 is 16.7 Å². The van der Waals surface area contributed by atoms with Crippen molar-refractivity contribution in [3.8, 4) is 11.4 Å². The van der Waals surface area contributed by atoms with Crippen molar-refractivity contribution in [2.24, 2.45) is 0 Å². The van der Waals surface area contributed by atoms with Crippen molar-refractivity contribution in [3.05, 3.63) is 29.8 Å². The lowest BCUT2D eigenvalue weighted by atomic mass is 10.1. The number of nitrogens with two attached hydrogens (primary N) is 1. The molecule has 0 saturated heterocycles. The standard InChI is InChI=1S/C9H6F3N3S/c10-9(11,12)6-3-1-5(2-4-6)7-14-8(13)16-15-7/h1-4H,(H2,13,14,15). The van der Waals surface area contributed by atoms with Gasteiger partial charge in [-0.2, -0.15) is 22.5 Å². The fraction of sp³-hybridized carbons (Fsp3) is 0.111. The monoisotopic (exact) mass is 245 g/mol. The molecule has 1 aromatic heterocycles. The second-order valence-corrected chi connectivity index (χ2v) is 3.81. The van der Waals surface area contributed by atoms with Crippen LogP contribution in [0.2, 0.25) is 0 Å². The molecule has 16 heavy (non-hydrogen) atoms. The molecule has 0 atom stereocenters. The maximum Gasteiger partial charge on any atom is 0.416 e. The summed E-state index contributed by atoms with van der Waals surface area (Å²) in [5.41, 5.74) is 5.20. The van der Waals surface area contributed by atoms with Gasteiger partial charge in [0.15, 0.2) is 11.0 Å². The molecule has 84 valence electrons. The molecule has 2 rings (SSSR count). The lowest BCUT2D eigenvalue weighted by Gasteiger charge is -2.05. The van der Waals surface area contributed by atoms with Crippen LogP contribution >= 0.6 is 11.5 Å². The quantitative estimate of drug-likeness (QED) is 0.840. The van der Waals surface area contributed by atoms with Gasteiger partial charge in [-0.05, 0) is 12.1 Å². The van der Waals surface area contributed by atoms with E-state index < -0.39 is 11.7 Å². The highest BCUT2D eigenvalue weighted by Gasteiger charge is 2.30. The van der Waals surface area contributed by atoms with E-state index >= 15 is 0 Å². The second kappa shape index (κ2) is 3.75. The molecule has 1 aromatic carbocycles. The van der Waals surface area contributed by atoms with Crippen molar-refractivity contribution in [2.45, 2.75) is 6.18 Å². The minimum absolute atomic E-state index is 0.287. The first kappa shape index (κ1) is 10.9. The Kier molecular flexibility index (Phi) is 2.55. The third-order valence-corrected chi connectivity index (χ3v) is 2.45. The van der Waals surface area contributed by atoms with E-state index in [0.717, 1.165) is 23.7 Å². The Balaban J connectivity index is 2.33. The number of nitrogen functional groups attached to an aromatic ring is 1. The van der Waals surface area contributed by atoms with E-state index in [1.54, 1.807) is 0 Å². The van der Waals surface area contributed by atoms with Gasteiger partial charge in [0, 0.05) is 17.1 Å². The average molecular weight is 245 g/mol. The van der Waals surface area contributed by atoms with Gasteiger partial charge in [-0.3, -0.25) is 0 Å². The summed E-state index contributed by atoms with van der Waals surface area (Å²) >= 11 is 1.00. The van der Waals surface area contributed by atoms with Gasteiger partial charge in [0.25, 0.3) is 0 Å². The summed E-state index contributed by atoms with van der Waals surface area (Å²) in [5.74, 6) is 0.344. The summed E-state index contributed by atoms with van der Waals surface area (Å²) in [7, 11) is 0. The zero-order valence-electron chi connectivity index (χ0n) is 7.82. The maximum absolute atomic E-state index is 12.3. The average Bonchev–Trinajstić information content (AvgIpc) is 2.64. The van der Waals surface area contributed by atoms with Gasteiger partial charge in [-0.25, -0.2) is 0 Å². The summed E-state index contributed by atoms with van der Waals surface area (Å²) in [6.45, 7) is 0. The Morgan fingerprint density at radius 2 is 1.75 bits per heavy atom. The van der Waals surface area contributed by atoms with E-state index in [4.69, 9.17) is 5.73 Å². The predicted molar refractivity (Wildman–Crippen MR) is 54.8 cm³/mol. The predicted octanol–water partition coefficient (Wildman–Crippen LogP) is 2.81.